The van der Waals surface area contributed by atoms with Gasteiger partial charge >= 0.3 is 12.7 Å². The molecule has 4 heterocycles. The molecular weight excluding hydrogens is 457 g/mol. The van der Waals surface area contributed by atoms with Gasteiger partial charge in [0.25, 0.3) is 0 Å². The van der Waals surface area contributed by atoms with E-state index in [2.05, 4.69) is 30.7 Å². The number of hydrogen-bond acceptors (Lipinski definition) is 5. The lowest BCUT2D eigenvalue weighted by atomic mass is 10.0. The van der Waals surface area contributed by atoms with Gasteiger partial charge in [0.15, 0.2) is 0 Å². The van der Waals surface area contributed by atoms with E-state index < -0.39 is 18.3 Å². The van der Waals surface area contributed by atoms with E-state index in [4.69, 9.17) is 0 Å². The molecule has 3 N–H and O–H groups in total. The van der Waals surface area contributed by atoms with Crippen LogP contribution in [0.2, 0.25) is 0 Å². The van der Waals surface area contributed by atoms with Crippen LogP contribution in [0, 0.1) is 0 Å². The van der Waals surface area contributed by atoms with Crippen LogP contribution in [0.5, 0.6) is 0 Å². The van der Waals surface area contributed by atoms with Gasteiger partial charge in [0.1, 0.15) is 5.56 Å². The number of aromatic amines is 1. The standard InChI is InChI=1S/C22H20F5N7/c23-20(24)34-7-5-17(33-34)12-3-4-14-15(10-29-18(14)8-12)19-16(22(25,26)27)11-30-21(32-19)31-13-2-1-6-28-9-13/h3-5,7-8,10-11,13,20,28-29H,1-2,6,9H2,(H,30,31,32)/t13-/m0/s1. The minimum atomic E-state index is -4.65. The number of fused-ring (bicyclic) bond motifs is 1. The number of alkyl halides is 5. The van der Waals surface area contributed by atoms with Crippen molar-refractivity contribution in [2.75, 3.05) is 18.4 Å². The van der Waals surface area contributed by atoms with E-state index in [9.17, 15) is 22.0 Å². The second-order valence-corrected chi connectivity index (χ2v) is 8.06. The van der Waals surface area contributed by atoms with Gasteiger partial charge in [-0.15, -0.1) is 0 Å². The molecule has 0 saturated carbocycles. The predicted octanol–water partition coefficient (Wildman–Crippen LogP) is 5.07. The van der Waals surface area contributed by atoms with Gasteiger partial charge in [0.2, 0.25) is 5.95 Å². The third kappa shape index (κ3) is 4.32. The molecule has 3 aromatic heterocycles. The Morgan fingerprint density at radius 2 is 2.03 bits per heavy atom. The van der Waals surface area contributed by atoms with E-state index in [0.717, 1.165) is 31.8 Å². The van der Waals surface area contributed by atoms with Crippen molar-refractivity contribution in [2.45, 2.75) is 31.6 Å². The summed E-state index contributed by atoms with van der Waals surface area (Å²) in [6.07, 6.45) is 0.583. The fourth-order valence-corrected chi connectivity index (χ4v) is 4.10. The highest BCUT2D eigenvalue weighted by molar-refractivity contribution is 5.97. The quantitative estimate of drug-likeness (QED) is 0.350. The van der Waals surface area contributed by atoms with E-state index in [1.165, 1.54) is 12.3 Å². The van der Waals surface area contributed by atoms with Crippen molar-refractivity contribution in [1.82, 2.24) is 30.0 Å². The van der Waals surface area contributed by atoms with Gasteiger partial charge in [-0.1, -0.05) is 12.1 Å². The molecule has 0 bridgehead atoms. The summed E-state index contributed by atoms with van der Waals surface area (Å²) >= 11 is 0. The van der Waals surface area contributed by atoms with Crippen LogP contribution in [0.25, 0.3) is 33.4 Å². The summed E-state index contributed by atoms with van der Waals surface area (Å²) in [5.41, 5.74) is 0.473. The summed E-state index contributed by atoms with van der Waals surface area (Å²) in [4.78, 5) is 11.1. The second-order valence-electron chi connectivity index (χ2n) is 8.06. The summed E-state index contributed by atoms with van der Waals surface area (Å²) < 4.78 is 67.6. The second kappa shape index (κ2) is 8.67. The summed E-state index contributed by atoms with van der Waals surface area (Å²) in [5.74, 6) is 0.125. The average Bonchev–Trinajstić information content (AvgIpc) is 3.46. The SMILES string of the molecule is FC(F)n1ccc(-c2ccc3c(-c4nc(N[C@H]5CCCNC5)ncc4C(F)(F)F)c[nH]c3c2)n1. The van der Waals surface area contributed by atoms with Crippen LogP contribution in [0.4, 0.5) is 27.9 Å². The first kappa shape index (κ1) is 22.3. The minimum Gasteiger partial charge on any atom is -0.360 e. The van der Waals surface area contributed by atoms with Crippen molar-refractivity contribution < 1.29 is 22.0 Å². The fourth-order valence-electron chi connectivity index (χ4n) is 4.10. The maximum atomic E-state index is 13.8. The highest BCUT2D eigenvalue weighted by Gasteiger charge is 2.36. The lowest BCUT2D eigenvalue weighted by Crippen LogP contribution is -2.38. The van der Waals surface area contributed by atoms with Crippen LogP contribution in [0.1, 0.15) is 25.0 Å². The van der Waals surface area contributed by atoms with Gasteiger partial charge in [0.05, 0.1) is 11.4 Å². The number of nitrogens with one attached hydrogen (secondary N) is 3. The molecule has 1 fully saturated rings. The number of benzene rings is 1. The van der Waals surface area contributed by atoms with Crippen molar-refractivity contribution in [3.05, 3.63) is 48.4 Å². The number of rotatable bonds is 5. The fraction of sp³-hybridized carbons (Fsp3) is 0.318. The first-order valence-electron chi connectivity index (χ1n) is 10.7. The first-order chi connectivity index (χ1) is 16.3. The monoisotopic (exact) mass is 477 g/mol. The Bertz CT molecular complexity index is 1300. The third-order valence-electron chi connectivity index (χ3n) is 5.77. The Morgan fingerprint density at radius 3 is 2.74 bits per heavy atom. The molecule has 1 atom stereocenters. The predicted molar refractivity (Wildman–Crippen MR) is 116 cm³/mol. The molecule has 5 rings (SSSR count). The van der Waals surface area contributed by atoms with Gasteiger partial charge in [-0.05, 0) is 31.5 Å². The van der Waals surface area contributed by atoms with Gasteiger partial charge in [0, 0.05) is 53.2 Å². The zero-order chi connectivity index (χ0) is 23.9. The number of nitrogens with zero attached hydrogens (tertiary/aromatic N) is 4. The highest BCUT2D eigenvalue weighted by atomic mass is 19.4. The Balaban J connectivity index is 1.53. The maximum absolute atomic E-state index is 13.8. The molecule has 0 spiro atoms. The molecule has 1 saturated heterocycles. The number of halogens is 5. The number of H-pyrrole nitrogens is 1. The summed E-state index contributed by atoms with van der Waals surface area (Å²) in [5, 5.41) is 10.7. The molecule has 0 radical (unpaired) electrons. The normalized spacial score (nSPS) is 16.9. The molecule has 7 nitrogen and oxygen atoms in total. The lowest BCUT2D eigenvalue weighted by Gasteiger charge is -2.24. The van der Waals surface area contributed by atoms with Crippen LogP contribution < -0.4 is 10.6 Å². The van der Waals surface area contributed by atoms with Crippen LogP contribution >= 0.6 is 0 Å². The van der Waals surface area contributed by atoms with E-state index in [-0.39, 0.29) is 23.2 Å². The van der Waals surface area contributed by atoms with E-state index in [1.54, 1.807) is 18.2 Å². The number of piperidine rings is 1. The first-order valence-corrected chi connectivity index (χ1v) is 10.7. The Morgan fingerprint density at radius 1 is 1.18 bits per heavy atom. The lowest BCUT2D eigenvalue weighted by molar-refractivity contribution is -0.137. The van der Waals surface area contributed by atoms with Crippen molar-refractivity contribution in [2.24, 2.45) is 0 Å². The van der Waals surface area contributed by atoms with Gasteiger partial charge < -0.3 is 15.6 Å². The molecule has 178 valence electrons. The number of aromatic nitrogens is 5. The molecular formula is C22H20F5N7. The highest BCUT2D eigenvalue weighted by Crippen LogP contribution is 2.39. The smallest absolute Gasteiger partial charge is 0.360 e. The van der Waals surface area contributed by atoms with Crippen LogP contribution in [-0.2, 0) is 6.18 Å². The van der Waals surface area contributed by atoms with Crippen LogP contribution in [-0.4, -0.2) is 43.9 Å². The molecule has 0 unspecified atom stereocenters. The molecule has 0 aliphatic carbocycles. The average molecular weight is 477 g/mol. The molecule has 1 aromatic carbocycles. The summed E-state index contributed by atoms with van der Waals surface area (Å²) in [7, 11) is 0. The Labute approximate surface area is 190 Å². The summed E-state index contributed by atoms with van der Waals surface area (Å²) in [6, 6.07) is 6.37. The van der Waals surface area contributed by atoms with E-state index in [0.29, 0.717) is 33.4 Å². The van der Waals surface area contributed by atoms with E-state index >= 15 is 0 Å². The molecule has 12 heteroatoms. The minimum absolute atomic E-state index is 0.0249. The zero-order valence-corrected chi connectivity index (χ0v) is 17.7. The largest absolute Gasteiger partial charge is 0.419 e. The summed E-state index contributed by atoms with van der Waals surface area (Å²) in [6.45, 7) is -1.19. The van der Waals surface area contributed by atoms with Gasteiger partial charge in [-0.2, -0.15) is 27.1 Å². The van der Waals surface area contributed by atoms with Crippen LogP contribution in [0.15, 0.2) is 42.9 Å². The maximum Gasteiger partial charge on any atom is 0.419 e. The Kier molecular flexibility index (Phi) is 5.68. The number of hydrogen-bond donors (Lipinski definition) is 3. The molecule has 4 aromatic rings. The van der Waals surface area contributed by atoms with Crippen molar-refractivity contribution in [3.63, 3.8) is 0 Å². The van der Waals surface area contributed by atoms with Crippen molar-refractivity contribution >= 4 is 16.9 Å². The third-order valence-corrected chi connectivity index (χ3v) is 5.77. The zero-order valence-electron chi connectivity index (χ0n) is 17.7. The van der Waals surface area contributed by atoms with Crippen molar-refractivity contribution in [1.29, 1.82) is 0 Å². The van der Waals surface area contributed by atoms with Crippen LogP contribution in [0.3, 0.4) is 0 Å². The van der Waals surface area contributed by atoms with Gasteiger partial charge in [-0.25, -0.2) is 14.6 Å². The molecule has 0 amide bonds. The van der Waals surface area contributed by atoms with Gasteiger partial charge in [-0.3, -0.25) is 0 Å². The van der Waals surface area contributed by atoms with E-state index in [1.807, 2.05) is 0 Å². The molecule has 1 aliphatic heterocycles. The molecule has 1 aliphatic rings. The topological polar surface area (TPSA) is 83.5 Å². The number of anilines is 1. The van der Waals surface area contributed by atoms with Crippen molar-refractivity contribution in [3.8, 4) is 22.5 Å². The Hall–Kier alpha value is -3.54. The molecule has 34 heavy (non-hydrogen) atoms.